The molecule has 1 atom stereocenters. The van der Waals surface area contributed by atoms with Crippen LogP contribution in [0, 0.1) is 5.41 Å². The topological polar surface area (TPSA) is 71.1 Å². The first-order chi connectivity index (χ1) is 8.65. The van der Waals surface area contributed by atoms with Crippen molar-refractivity contribution < 1.29 is 9.84 Å². The van der Waals surface area contributed by atoms with Gasteiger partial charge in [0.1, 0.15) is 0 Å². The normalized spacial score (nSPS) is 28.7. The lowest BCUT2D eigenvalue weighted by molar-refractivity contribution is 0.00517. The average Bonchev–Trinajstić information content (AvgIpc) is 2.85. The summed E-state index contributed by atoms with van der Waals surface area (Å²) in [5.41, 5.74) is 6.03. The van der Waals surface area contributed by atoms with Gasteiger partial charge in [0.2, 0.25) is 0 Å². The van der Waals surface area contributed by atoms with Crippen molar-refractivity contribution in [2.24, 2.45) is 16.1 Å². The molecule has 0 bridgehead atoms. The number of nitrogens with two attached hydrogens (primary N) is 1. The smallest absolute Gasteiger partial charge is 0.191 e. The summed E-state index contributed by atoms with van der Waals surface area (Å²) in [7, 11) is 0. The van der Waals surface area contributed by atoms with Gasteiger partial charge in [-0.3, -0.25) is 4.99 Å². The van der Waals surface area contributed by atoms with E-state index in [1.54, 1.807) is 0 Å². The van der Waals surface area contributed by atoms with E-state index in [9.17, 15) is 5.11 Å². The average molecular weight is 255 g/mol. The van der Waals surface area contributed by atoms with Crippen LogP contribution in [-0.4, -0.2) is 54.9 Å². The minimum absolute atomic E-state index is 0.0114. The lowest BCUT2D eigenvalue weighted by atomic mass is 9.87. The molecule has 0 radical (unpaired) electrons. The van der Waals surface area contributed by atoms with Crippen LogP contribution in [0.3, 0.4) is 0 Å². The maximum atomic E-state index is 9.54. The monoisotopic (exact) mass is 255 g/mol. The van der Waals surface area contributed by atoms with Gasteiger partial charge < -0.3 is 20.5 Å². The third kappa shape index (κ3) is 3.14. The van der Waals surface area contributed by atoms with Crippen molar-refractivity contribution in [2.75, 3.05) is 32.8 Å². The summed E-state index contributed by atoms with van der Waals surface area (Å²) in [6, 6.07) is 0. The predicted octanol–water partition coefficient (Wildman–Crippen LogP) is 0.575. The highest BCUT2D eigenvalue weighted by Crippen LogP contribution is 2.37. The van der Waals surface area contributed by atoms with E-state index in [0.29, 0.717) is 19.1 Å². The molecule has 3 N–H and O–H groups in total. The molecule has 0 amide bonds. The molecule has 18 heavy (non-hydrogen) atoms. The first kappa shape index (κ1) is 13.6. The van der Waals surface area contributed by atoms with Gasteiger partial charge in [0, 0.05) is 18.5 Å². The zero-order valence-corrected chi connectivity index (χ0v) is 11.3. The molecule has 5 heteroatoms. The standard InChI is InChI=1S/C13H25N3O2/c1-11-8-16(6-7-18-11)12(14)15-9-13(10-17)4-2-3-5-13/h11,17H,2-10H2,1H3,(H2,14,15). The molecule has 0 aromatic rings. The van der Waals surface area contributed by atoms with Crippen LogP contribution in [0.4, 0.5) is 0 Å². The number of aliphatic imine (C=N–C) groups is 1. The summed E-state index contributed by atoms with van der Waals surface area (Å²) < 4.78 is 5.48. The number of guanidine groups is 1. The van der Waals surface area contributed by atoms with Gasteiger partial charge in [0.05, 0.1) is 25.9 Å². The fourth-order valence-corrected chi connectivity index (χ4v) is 2.87. The van der Waals surface area contributed by atoms with E-state index in [1.807, 2.05) is 6.92 Å². The second-order valence-electron chi connectivity index (χ2n) is 5.67. The zero-order chi connectivity index (χ0) is 13.0. The number of hydrogen-bond donors (Lipinski definition) is 2. The van der Waals surface area contributed by atoms with Crippen molar-refractivity contribution in [1.29, 1.82) is 0 Å². The number of aliphatic hydroxyl groups excluding tert-OH is 1. The summed E-state index contributed by atoms with van der Waals surface area (Å²) in [5.74, 6) is 0.602. The van der Waals surface area contributed by atoms with Crippen LogP contribution >= 0.6 is 0 Å². The van der Waals surface area contributed by atoms with Gasteiger partial charge in [-0.2, -0.15) is 0 Å². The van der Waals surface area contributed by atoms with Gasteiger partial charge >= 0.3 is 0 Å². The molecule has 2 fully saturated rings. The maximum Gasteiger partial charge on any atom is 0.191 e. The van der Waals surface area contributed by atoms with Crippen LogP contribution in [0.1, 0.15) is 32.6 Å². The quantitative estimate of drug-likeness (QED) is 0.571. The molecule has 5 nitrogen and oxygen atoms in total. The Morgan fingerprint density at radius 2 is 2.22 bits per heavy atom. The Labute approximate surface area is 109 Å². The highest BCUT2D eigenvalue weighted by Gasteiger charge is 2.33. The SMILES string of the molecule is CC1CN(C(N)=NCC2(CO)CCCC2)CCO1. The highest BCUT2D eigenvalue weighted by atomic mass is 16.5. The van der Waals surface area contributed by atoms with Gasteiger partial charge in [-0.15, -0.1) is 0 Å². The van der Waals surface area contributed by atoms with Crippen molar-refractivity contribution in [3.63, 3.8) is 0 Å². The van der Waals surface area contributed by atoms with Gasteiger partial charge in [0.25, 0.3) is 0 Å². The molecule has 1 saturated carbocycles. The summed E-state index contributed by atoms with van der Waals surface area (Å²) in [5, 5.41) is 9.54. The molecule has 0 aromatic heterocycles. The molecular weight excluding hydrogens is 230 g/mol. The number of rotatable bonds is 3. The van der Waals surface area contributed by atoms with Crippen molar-refractivity contribution in [3.05, 3.63) is 0 Å². The number of hydrogen-bond acceptors (Lipinski definition) is 3. The maximum absolute atomic E-state index is 9.54. The predicted molar refractivity (Wildman–Crippen MR) is 71.5 cm³/mol. The van der Waals surface area contributed by atoms with Crippen LogP contribution in [0.15, 0.2) is 4.99 Å². The fourth-order valence-electron chi connectivity index (χ4n) is 2.87. The Morgan fingerprint density at radius 1 is 1.50 bits per heavy atom. The minimum Gasteiger partial charge on any atom is -0.396 e. The van der Waals surface area contributed by atoms with E-state index in [0.717, 1.165) is 25.9 Å². The molecule has 0 aromatic carbocycles. The molecule has 1 unspecified atom stereocenters. The van der Waals surface area contributed by atoms with Crippen LogP contribution in [0.5, 0.6) is 0 Å². The Hall–Kier alpha value is -0.810. The number of aliphatic hydroxyl groups is 1. The first-order valence-corrected chi connectivity index (χ1v) is 6.92. The van der Waals surface area contributed by atoms with Crippen molar-refractivity contribution in [3.8, 4) is 0 Å². The molecular formula is C13H25N3O2. The molecule has 0 spiro atoms. The van der Waals surface area contributed by atoms with Gasteiger partial charge in [-0.05, 0) is 19.8 Å². The zero-order valence-electron chi connectivity index (χ0n) is 11.3. The Balaban J connectivity index is 1.91. The van der Waals surface area contributed by atoms with E-state index < -0.39 is 0 Å². The second-order valence-corrected chi connectivity index (χ2v) is 5.67. The Kier molecular flexibility index (Phi) is 4.45. The Bertz CT molecular complexity index is 301. The lowest BCUT2D eigenvalue weighted by Crippen LogP contribution is -2.48. The summed E-state index contributed by atoms with van der Waals surface area (Å²) in [6.45, 7) is 5.26. The third-order valence-electron chi connectivity index (χ3n) is 4.14. The molecule has 104 valence electrons. The first-order valence-electron chi connectivity index (χ1n) is 6.92. The van der Waals surface area contributed by atoms with E-state index >= 15 is 0 Å². The third-order valence-corrected chi connectivity index (χ3v) is 4.14. The highest BCUT2D eigenvalue weighted by molar-refractivity contribution is 5.78. The van der Waals surface area contributed by atoms with E-state index in [1.165, 1.54) is 12.8 Å². The minimum atomic E-state index is -0.0114. The molecule has 2 aliphatic rings. The van der Waals surface area contributed by atoms with Crippen molar-refractivity contribution >= 4 is 5.96 Å². The van der Waals surface area contributed by atoms with Crippen molar-refractivity contribution in [2.45, 2.75) is 38.7 Å². The fraction of sp³-hybridized carbons (Fsp3) is 0.923. The summed E-state index contributed by atoms with van der Waals surface area (Å²) in [4.78, 5) is 6.59. The van der Waals surface area contributed by atoms with Gasteiger partial charge in [-0.25, -0.2) is 0 Å². The van der Waals surface area contributed by atoms with E-state index in [-0.39, 0.29) is 18.1 Å². The molecule has 1 aliphatic carbocycles. The number of morpholine rings is 1. The van der Waals surface area contributed by atoms with Crippen LogP contribution < -0.4 is 5.73 Å². The lowest BCUT2D eigenvalue weighted by Gasteiger charge is -2.32. The Morgan fingerprint density at radius 3 is 2.83 bits per heavy atom. The summed E-state index contributed by atoms with van der Waals surface area (Å²) >= 11 is 0. The largest absolute Gasteiger partial charge is 0.396 e. The van der Waals surface area contributed by atoms with Crippen LogP contribution in [0.25, 0.3) is 0 Å². The van der Waals surface area contributed by atoms with E-state index in [4.69, 9.17) is 10.5 Å². The molecule has 1 aliphatic heterocycles. The van der Waals surface area contributed by atoms with E-state index in [2.05, 4.69) is 9.89 Å². The van der Waals surface area contributed by atoms with Gasteiger partial charge in [0.15, 0.2) is 5.96 Å². The second kappa shape index (κ2) is 5.89. The number of ether oxygens (including phenoxy) is 1. The van der Waals surface area contributed by atoms with Gasteiger partial charge in [-0.1, -0.05) is 12.8 Å². The number of nitrogens with zero attached hydrogens (tertiary/aromatic N) is 2. The van der Waals surface area contributed by atoms with Crippen molar-refractivity contribution in [1.82, 2.24) is 4.90 Å². The van der Waals surface area contributed by atoms with Crippen LogP contribution in [0.2, 0.25) is 0 Å². The summed E-state index contributed by atoms with van der Waals surface area (Å²) in [6.07, 6.45) is 4.75. The molecule has 1 heterocycles. The molecule has 2 rings (SSSR count). The van der Waals surface area contributed by atoms with Crippen LogP contribution in [-0.2, 0) is 4.74 Å². The molecule has 1 saturated heterocycles.